The molecule has 7 nitrogen and oxygen atoms in total. The molecule has 8 heteroatoms. The van der Waals surface area contributed by atoms with Crippen molar-refractivity contribution in [3.05, 3.63) is 65.9 Å². The molecule has 24 heavy (non-hydrogen) atoms. The fraction of sp³-hybridized carbons (Fsp3) is 0.0625. The van der Waals surface area contributed by atoms with Crippen LogP contribution in [0.5, 0.6) is 0 Å². The number of benzene rings is 1. The molecule has 0 unspecified atom stereocenters. The molecular weight excluding hydrogens is 313 g/mol. The summed E-state index contributed by atoms with van der Waals surface area (Å²) < 4.78 is 12.9. The molecule has 0 aliphatic heterocycles. The molecule has 1 aromatic carbocycles. The Kier molecular flexibility index (Phi) is 4.37. The minimum atomic E-state index is -0.472. The van der Waals surface area contributed by atoms with Crippen molar-refractivity contribution in [1.82, 2.24) is 15.5 Å². The number of anilines is 2. The van der Waals surface area contributed by atoms with Crippen LogP contribution in [0.15, 0.2) is 60.3 Å². The van der Waals surface area contributed by atoms with Crippen molar-refractivity contribution in [2.24, 2.45) is 0 Å². The van der Waals surface area contributed by atoms with Crippen LogP contribution >= 0.6 is 0 Å². The van der Waals surface area contributed by atoms with Crippen LogP contribution in [0.2, 0.25) is 0 Å². The highest BCUT2D eigenvalue weighted by molar-refractivity contribution is 6.04. The average molecular weight is 327 g/mol. The summed E-state index contributed by atoms with van der Waals surface area (Å²) in [5.74, 6) is -0.580. The molecule has 122 valence electrons. The molecule has 0 saturated heterocycles. The van der Waals surface area contributed by atoms with E-state index in [-0.39, 0.29) is 18.2 Å². The van der Waals surface area contributed by atoms with Crippen LogP contribution in [0.4, 0.5) is 20.6 Å². The molecular formula is C16H14FN5O2. The Morgan fingerprint density at radius 1 is 1.04 bits per heavy atom. The number of nitrogens with zero attached hydrogens (tertiary/aromatic N) is 1. The van der Waals surface area contributed by atoms with Gasteiger partial charge in [-0.1, -0.05) is 0 Å². The first-order chi connectivity index (χ1) is 11.6. The SMILES string of the molecule is O=C(NC1=CC=C(F)C1)Nc1ccc(C(=O)Nc2cn[nH]c2)cc1. The fourth-order valence-electron chi connectivity index (χ4n) is 2.11. The topological polar surface area (TPSA) is 98.9 Å². The lowest BCUT2D eigenvalue weighted by molar-refractivity contribution is 0.102. The molecule has 0 saturated carbocycles. The highest BCUT2D eigenvalue weighted by Gasteiger charge is 2.11. The molecule has 3 amide bonds. The van der Waals surface area contributed by atoms with Crippen LogP contribution in [0.25, 0.3) is 0 Å². The van der Waals surface area contributed by atoms with Crippen LogP contribution in [0.3, 0.4) is 0 Å². The average Bonchev–Trinajstić information content (AvgIpc) is 3.20. The molecule has 0 radical (unpaired) electrons. The maximum atomic E-state index is 12.9. The number of amides is 3. The molecule has 1 aromatic heterocycles. The molecule has 0 atom stereocenters. The second-order valence-electron chi connectivity index (χ2n) is 5.08. The Hall–Kier alpha value is -3.42. The van der Waals surface area contributed by atoms with Crippen LogP contribution in [-0.2, 0) is 0 Å². The summed E-state index contributed by atoms with van der Waals surface area (Å²) >= 11 is 0. The van der Waals surface area contributed by atoms with Gasteiger partial charge in [-0.2, -0.15) is 5.10 Å². The molecule has 1 heterocycles. The zero-order valence-corrected chi connectivity index (χ0v) is 12.5. The molecule has 0 fully saturated rings. The van der Waals surface area contributed by atoms with Crippen molar-refractivity contribution < 1.29 is 14.0 Å². The lowest BCUT2D eigenvalue weighted by atomic mass is 10.2. The Bertz CT molecular complexity index is 810. The number of urea groups is 1. The normalized spacial score (nSPS) is 13.0. The van der Waals surface area contributed by atoms with Crippen LogP contribution in [0, 0.1) is 0 Å². The van der Waals surface area contributed by atoms with Gasteiger partial charge >= 0.3 is 6.03 Å². The molecule has 1 aliphatic carbocycles. The predicted molar refractivity (Wildman–Crippen MR) is 87.0 cm³/mol. The third-order valence-corrected chi connectivity index (χ3v) is 3.26. The van der Waals surface area contributed by atoms with E-state index in [0.717, 1.165) is 0 Å². The van der Waals surface area contributed by atoms with E-state index < -0.39 is 6.03 Å². The van der Waals surface area contributed by atoms with Gasteiger partial charge in [-0.3, -0.25) is 9.89 Å². The van der Waals surface area contributed by atoms with Gasteiger partial charge in [0.2, 0.25) is 0 Å². The number of hydrogen-bond acceptors (Lipinski definition) is 3. The zero-order valence-electron chi connectivity index (χ0n) is 12.5. The highest BCUT2D eigenvalue weighted by Crippen LogP contribution is 2.17. The Labute approximate surface area is 136 Å². The van der Waals surface area contributed by atoms with E-state index in [4.69, 9.17) is 0 Å². The maximum Gasteiger partial charge on any atom is 0.323 e. The maximum absolute atomic E-state index is 12.9. The van der Waals surface area contributed by atoms with Gasteiger partial charge in [0.1, 0.15) is 5.83 Å². The van der Waals surface area contributed by atoms with Crippen molar-refractivity contribution in [2.75, 3.05) is 10.6 Å². The van der Waals surface area contributed by atoms with E-state index in [1.165, 1.54) is 18.3 Å². The number of halogens is 1. The molecule has 3 rings (SSSR count). The number of carbonyl (C=O) groups excluding carboxylic acids is 2. The lowest BCUT2D eigenvalue weighted by Crippen LogP contribution is -2.27. The molecule has 0 bridgehead atoms. The number of aromatic amines is 1. The van der Waals surface area contributed by atoms with E-state index in [2.05, 4.69) is 26.1 Å². The summed E-state index contributed by atoms with van der Waals surface area (Å²) in [5.41, 5.74) is 2.00. The number of nitrogens with one attached hydrogen (secondary N) is 4. The summed E-state index contributed by atoms with van der Waals surface area (Å²) in [7, 11) is 0. The molecule has 1 aliphatic rings. The smallest absolute Gasteiger partial charge is 0.319 e. The van der Waals surface area contributed by atoms with E-state index in [1.807, 2.05) is 0 Å². The van der Waals surface area contributed by atoms with Crippen LogP contribution < -0.4 is 16.0 Å². The van der Waals surface area contributed by atoms with E-state index >= 15 is 0 Å². The predicted octanol–water partition coefficient (Wildman–Crippen LogP) is 2.92. The first-order valence-electron chi connectivity index (χ1n) is 7.13. The van der Waals surface area contributed by atoms with E-state index in [1.54, 1.807) is 30.5 Å². The highest BCUT2D eigenvalue weighted by atomic mass is 19.1. The van der Waals surface area contributed by atoms with Gasteiger partial charge in [0.05, 0.1) is 11.9 Å². The van der Waals surface area contributed by atoms with Gasteiger partial charge < -0.3 is 16.0 Å². The summed E-state index contributed by atoms with van der Waals surface area (Å²) in [4.78, 5) is 23.8. The van der Waals surface area contributed by atoms with Gasteiger partial charge in [-0.05, 0) is 36.4 Å². The van der Waals surface area contributed by atoms with Gasteiger partial charge in [0, 0.05) is 29.6 Å². The Morgan fingerprint density at radius 2 is 1.83 bits per heavy atom. The zero-order chi connectivity index (χ0) is 16.9. The lowest BCUT2D eigenvalue weighted by Gasteiger charge is -2.09. The van der Waals surface area contributed by atoms with Gasteiger partial charge in [-0.25, -0.2) is 9.18 Å². The second kappa shape index (κ2) is 6.78. The third-order valence-electron chi connectivity index (χ3n) is 3.26. The standard InChI is InChI=1S/C16H14FN5O2/c17-11-3-6-13(7-11)22-16(24)21-12-4-1-10(2-5-12)15(23)20-14-8-18-19-9-14/h1-6,8-9H,7H2,(H,18,19)(H,20,23)(H2,21,22,24). The molecule has 2 aromatic rings. The number of carbonyl (C=O) groups is 2. The Morgan fingerprint density at radius 3 is 2.46 bits per heavy atom. The van der Waals surface area contributed by atoms with Crippen molar-refractivity contribution >= 4 is 23.3 Å². The number of rotatable bonds is 4. The van der Waals surface area contributed by atoms with Crippen molar-refractivity contribution in [1.29, 1.82) is 0 Å². The van der Waals surface area contributed by atoms with Crippen LogP contribution in [0.1, 0.15) is 16.8 Å². The second-order valence-corrected chi connectivity index (χ2v) is 5.08. The summed E-state index contributed by atoms with van der Waals surface area (Å²) in [6, 6.07) is 5.90. The Balaban J connectivity index is 1.54. The first-order valence-corrected chi connectivity index (χ1v) is 7.13. The largest absolute Gasteiger partial charge is 0.323 e. The van der Waals surface area contributed by atoms with Gasteiger partial charge in [0.25, 0.3) is 5.91 Å². The van der Waals surface area contributed by atoms with Crippen molar-refractivity contribution in [3.8, 4) is 0 Å². The molecule has 0 spiro atoms. The number of H-pyrrole nitrogens is 1. The minimum Gasteiger partial charge on any atom is -0.319 e. The number of allylic oxidation sites excluding steroid dienone is 3. The van der Waals surface area contributed by atoms with Gasteiger partial charge in [-0.15, -0.1) is 0 Å². The first kappa shape index (κ1) is 15.5. The van der Waals surface area contributed by atoms with Gasteiger partial charge in [0.15, 0.2) is 0 Å². The monoisotopic (exact) mass is 327 g/mol. The van der Waals surface area contributed by atoms with Crippen LogP contribution in [-0.4, -0.2) is 22.1 Å². The summed E-state index contributed by atoms with van der Waals surface area (Å²) in [6.45, 7) is 0. The minimum absolute atomic E-state index is 0.0839. The van der Waals surface area contributed by atoms with E-state index in [9.17, 15) is 14.0 Å². The van der Waals surface area contributed by atoms with Crippen molar-refractivity contribution in [3.63, 3.8) is 0 Å². The fourth-order valence-corrected chi connectivity index (χ4v) is 2.11. The quantitative estimate of drug-likeness (QED) is 0.695. The third kappa shape index (κ3) is 3.86. The molecule has 4 N–H and O–H groups in total. The summed E-state index contributed by atoms with van der Waals surface area (Å²) in [6.07, 6.45) is 5.96. The number of hydrogen-bond donors (Lipinski definition) is 4. The summed E-state index contributed by atoms with van der Waals surface area (Å²) in [5, 5.41) is 14.2. The van der Waals surface area contributed by atoms with Crippen molar-refractivity contribution in [2.45, 2.75) is 6.42 Å². The van der Waals surface area contributed by atoms with E-state index in [0.29, 0.717) is 22.6 Å². The number of aromatic nitrogens is 2.